The van der Waals surface area contributed by atoms with Crippen LogP contribution in [-0.2, 0) is 4.74 Å². The van der Waals surface area contributed by atoms with Gasteiger partial charge in [0.05, 0.1) is 0 Å². The fourth-order valence-electron chi connectivity index (χ4n) is 1.32. The van der Waals surface area contributed by atoms with Gasteiger partial charge in [0.2, 0.25) is 0 Å². The average molecular weight is 256 g/mol. The van der Waals surface area contributed by atoms with E-state index in [0.717, 1.165) is 0 Å². The van der Waals surface area contributed by atoms with Crippen LogP contribution in [0.2, 0.25) is 5.82 Å². The van der Waals surface area contributed by atoms with Crippen LogP contribution in [0.4, 0.5) is 0 Å². The van der Waals surface area contributed by atoms with Gasteiger partial charge in [-0.1, -0.05) is 0 Å². The molecule has 13 heavy (non-hydrogen) atoms. The molecule has 1 saturated heterocycles. The van der Waals surface area contributed by atoms with E-state index < -0.39 is 24.4 Å². The van der Waals surface area contributed by atoms with Gasteiger partial charge in [-0.05, 0) is 0 Å². The van der Waals surface area contributed by atoms with Crippen molar-refractivity contribution < 1.29 is 20.1 Å². The molecule has 0 radical (unpaired) electrons. The van der Waals surface area contributed by atoms with Crippen molar-refractivity contribution in [2.45, 2.75) is 35.2 Å². The molecular formula is C7H15NO4Se. The second-order valence-electron chi connectivity index (χ2n) is 3.02. The monoisotopic (exact) mass is 257 g/mol. The zero-order valence-electron chi connectivity index (χ0n) is 7.33. The molecule has 5 nitrogen and oxygen atoms in total. The van der Waals surface area contributed by atoms with E-state index in [2.05, 4.69) is 0 Å². The van der Waals surface area contributed by atoms with Gasteiger partial charge in [-0.3, -0.25) is 0 Å². The first-order chi connectivity index (χ1) is 6.11. The molecule has 0 unspecified atom stereocenters. The Labute approximate surface area is 83.0 Å². The maximum atomic E-state index is 9.49. The third kappa shape index (κ3) is 2.22. The summed E-state index contributed by atoms with van der Waals surface area (Å²) < 4.78 is 5.32. The number of hydrogen-bond acceptors (Lipinski definition) is 5. The number of hydrogen-bond donors (Lipinski definition) is 4. The van der Waals surface area contributed by atoms with Crippen molar-refractivity contribution >= 4 is 15.0 Å². The van der Waals surface area contributed by atoms with E-state index in [9.17, 15) is 10.2 Å². The third-order valence-corrected chi connectivity index (χ3v) is 4.03. The minimum atomic E-state index is -1.08. The van der Waals surface area contributed by atoms with Crippen LogP contribution < -0.4 is 5.73 Å². The summed E-state index contributed by atoms with van der Waals surface area (Å²) >= 11 is 0.133. The fraction of sp³-hybridized carbons (Fsp3) is 1.00. The first-order valence-electron chi connectivity index (χ1n) is 4.02. The van der Waals surface area contributed by atoms with E-state index in [1.807, 2.05) is 5.82 Å². The molecule has 5 atom stereocenters. The Morgan fingerprint density at radius 1 is 1.38 bits per heavy atom. The summed E-state index contributed by atoms with van der Waals surface area (Å²) in [6, 6.07) is -0.553. The van der Waals surface area contributed by atoms with E-state index in [4.69, 9.17) is 15.6 Å². The number of rotatable bonds is 2. The van der Waals surface area contributed by atoms with Crippen LogP contribution in [0.3, 0.4) is 0 Å². The predicted molar refractivity (Wildman–Crippen MR) is 47.4 cm³/mol. The Morgan fingerprint density at radius 3 is 2.46 bits per heavy atom. The summed E-state index contributed by atoms with van der Waals surface area (Å²) in [5.74, 6) is 1.94. The minimum absolute atomic E-state index is 0.133. The number of aliphatic hydroxyl groups excluding tert-OH is 3. The molecule has 0 amide bonds. The number of aliphatic hydroxyl groups is 3. The van der Waals surface area contributed by atoms with Gasteiger partial charge in [0.15, 0.2) is 0 Å². The summed E-state index contributed by atoms with van der Waals surface area (Å²) in [7, 11) is 0. The Kier molecular flexibility index (Phi) is 4.12. The van der Waals surface area contributed by atoms with Crippen molar-refractivity contribution in [3.8, 4) is 0 Å². The predicted octanol–water partition coefficient (Wildman–Crippen LogP) is -2.49. The van der Waals surface area contributed by atoms with Gasteiger partial charge in [-0.2, -0.15) is 0 Å². The molecule has 5 N–H and O–H groups in total. The zero-order valence-corrected chi connectivity index (χ0v) is 9.04. The summed E-state index contributed by atoms with van der Waals surface area (Å²) in [5.41, 5.74) is 5.64. The van der Waals surface area contributed by atoms with E-state index in [1.54, 1.807) is 0 Å². The molecule has 1 fully saturated rings. The van der Waals surface area contributed by atoms with Gasteiger partial charge in [0.25, 0.3) is 0 Å². The van der Waals surface area contributed by atoms with E-state index in [-0.39, 0.29) is 26.6 Å². The van der Waals surface area contributed by atoms with Gasteiger partial charge < -0.3 is 0 Å². The second-order valence-corrected chi connectivity index (χ2v) is 4.98. The third-order valence-electron chi connectivity index (χ3n) is 2.16. The van der Waals surface area contributed by atoms with Crippen LogP contribution in [0.15, 0.2) is 0 Å². The Hall–Kier alpha value is 0.319. The van der Waals surface area contributed by atoms with Gasteiger partial charge in [-0.15, -0.1) is 0 Å². The second kappa shape index (κ2) is 4.70. The standard InChI is InChI=1S/C7H15NO4Se/c1-13-7-4(8)6(11)5(10)3(2-9)12-7/h3-7,9-11H,2,8H2,1H3/t3-,4-,5+,6-,7+/m1/s1. The van der Waals surface area contributed by atoms with Crippen molar-refractivity contribution in [3.63, 3.8) is 0 Å². The molecule has 0 bridgehead atoms. The summed E-state index contributed by atoms with van der Waals surface area (Å²) in [6.45, 7) is -0.294. The zero-order chi connectivity index (χ0) is 10.0. The SMILES string of the molecule is C[Se][C@@H]1O[C@H](CO)[C@H](O)[C@H](O)[C@H]1N. The van der Waals surface area contributed by atoms with Crippen molar-refractivity contribution in [2.24, 2.45) is 5.73 Å². The summed E-state index contributed by atoms with van der Waals surface area (Å²) in [5, 5.41) is 27.5. The molecule has 78 valence electrons. The maximum absolute atomic E-state index is 9.49. The van der Waals surface area contributed by atoms with Gasteiger partial charge >= 0.3 is 82.5 Å². The van der Waals surface area contributed by atoms with E-state index in [0.29, 0.717) is 0 Å². The molecule has 0 aliphatic carbocycles. The van der Waals surface area contributed by atoms with Crippen LogP contribution in [0.5, 0.6) is 0 Å². The first kappa shape index (κ1) is 11.4. The molecular weight excluding hydrogens is 241 g/mol. The molecule has 0 aromatic rings. The van der Waals surface area contributed by atoms with Crippen molar-refractivity contribution in [2.75, 3.05) is 6.61 Å². The molecule has 1 heterocycles. The normalized spacial score (nSPS) is 46.4. The Morgan fingerprint density at radius 2 is 2.00 bits per heavy atom. The molecule has 1 rings (SSSR count). The quantitative estimate of drug-likeness (QED) is 0.410. The van der Waals surface area contributed by atoms with Gasteiger partial charge in [-0.25, -0.2) is 0 Å². The number of nitrogens with two attached hydrogens (primary N) is 1. The van der Waals surface area contributed by atoms with Crippen LogP contribution >= 0.6 is 0 Å². The van der Waals surface area contributed by atoms with Crippen LogP contribution in [0, 0.1) is 0 Å². The average Bonchev–Trinajstić information content (AvgIpc) is 2.15. The van der Waals surface area contributed by atoms with Crippen LogP contribution in [-0.4, -0.2) is 66.2 Å². The summed E-state index contributed by atoms with van der Waals surface area (Å²) in [4.78, 5) is 0. The Balaban J connectivity index is 2.66. The molecule has 0 aromatic heterocycles. The topological polar surface area (TPSA) is 95.9 Å². The van der Waals surface area contributed by atoms with Gasteiger partial charge in [0.1, 0.15) is 0 Å². The van der Waals surface area contributed by atoms with Crippen LogP contribution in [0.25, 0.3) is 0 Å². The molecule has 0 aromatic carbocycles. The molecule has 1 aliphatic heterocycles. The molecule has 0 spiro atoms. The van der Waals surface area contributed by atoms with Crippen molar-refractivity contribution in [3.05, 3.63) is 0 Å². The Bertz CT molecular complexity index is 151. The van der Waals surface area contributed by atoms with E-state index in [1.165, 1.54) is 0 Å². The molecule has 0 saturated carbocycles. The van der Waals surface area contributed by atoms with Crippen LogP contribution in [0.1, 0.15) is 0 Å². The van der Waals surface area contributed by atoms with Crippen molar-refractivity contribution in [1.29, 1.82) is 0 Å². The molecule has 6 heteroatoms. The fourth-order valence-corrected chi connectivity index (χ4v) is 2.85. The van der Waals surface area contributed by atoms with E-state index >= 15 is 0 Å². The molecule has 1 aliphatic rings. The first-order valence-corrected chi connectivity index (χ1v) is 6.73. The number of ether oxygens (including phenoxy) is 1. The van der Waals surface area contributed by atoms with Gasteiger partial charge in [0, 0.05) is 0 Å². The van der Waals surface area contributed by atoms with Crippen molar-refractivity contribution in [1.82, 2.24) is 0 Å². The summed E-state index contributed by atoms with van der Waals surface area (Å²) in [6.07, 6.45) is -2.79.